The molecule has 2 aromatic heterocycles. The summed E-state index contributed by atoms with van der Waals surface area (Å²) in [5.74, 6) is 2.02. The van der Waals surface area contributed by atoms with Crippen LogP contribution < -0.4 is 10.6 Å². The minimum atomic E-state index is -1.19. The number of hydrogen-bond donors (Lipinski definition) is 3. The van der Waals surface area contributed by atoms with Crippen LogP contribution in [-0.4, -0.2) is 24.2 Å². The highest BCUT2D eigenvalue weighted by molar-refractivity contribution is 5.80. The Kier molecular flexibility index (Phi) is 6.55. The standard InChI is InChI=1S/C22H27N3O3/c1-17(18-8-4-3-5-9-18)25-21(23-13-12-19-10-6-14-27-19)24-16-22(2,26)20-11-7-15-28-20/h3-11,14-15,17,26H,12-13,16H2,1-2H3,(H2,23,24,25). The van der Waals surface area contributed by atoms with Crippen molar-refractivity contribution in [1.82, 2.24) is 10.6 Å². The second-order valence-electron chi connectivity index (χ2n) is 6.95. The molecule has 0 aliphatic carbocycles. The van der Waals surface area contributed by atoms with Gasteiger partial charge in [-0.2, -0.15) is 0 Å². The van der Waals surface area contributed by atoms with E-state index < -0.39 is 5.60 Å². The van der Waals surface area contributed by atoms with E-state index in [0.29, 0.717) is 18.3 Å². The molecule has 2 unspecified atom stereocenters. The van der Waals surface area contributed by atoms with Crippen LogP contribution in [0.4, 0.5) is 0 Å². The summed E-state index contributed by atoms with van der Waals surface area (Å²) in [6.07, 6.45) is 3.95. The lowest BCUT2D eigenvalue weighted by Gasteiger charge is -2.22. The summed E-state index contributed by atoms with van der Waals surface area (Å²) in [5.41, 5.74) is -0.0319. The van der Waals surface area contributed by atoms with Gasteiger partial charge in [0.1, 0.15) is 17.1 Å². The SMILES string of the molecule is CC(NC(=NCC(C)(O)c1ccco1)NCCc1ccco1)c1ccccc1. The van der Waals surface area contributed by atoms with Crippen molar-refractivity contribution in [3.63, 3.8) is 0 Å². The van der Waals surface area contributed by atoms with Crippen LogP contribution in [0.25, 0.3) is 0 Å². The number of furan rings is 2. The first-order valence-electron chi connectivity index (χ1n) is 9.43. The van der Waals surface area contributed by atoms with Gasteiger partial charge in [0.25, 0.3) is 0 Å². The first kappa shape index (κ1) is 19.8. The second kappa shape index (κ2) is 9.28. The Labute approximate surface area is 165 Å². The fraction of sp³-hybridized carbons (Fsp3) is 0.318. The van der Waals surface area contributed by atoms with Crippen LogP contribution >= 0.6 is 0 Å². The van der Waals surface area contributed by atoms with E-state index in [2.05, 4.69) is 34.7 Å². The van der Waals surface area contributed by atoms with Crippen LogP contribution in [0, 0.1) is 0 Å². The van der Waals surface area contributed by atoms with Crippen LogP contribution in [0.3, 0.4) is 0 Å². The third-order valence-electron chi connectivity index (χ3n) is 4.49. The number of benzene rings is 1. The van der Waals surface area contributed by atoms with E-state index in [-0.39, 0.29) is 12.6 Å². The number of guanidine groups is 1. The molecule has 0 aliphatic heterocycles. The third-order valence-corrected chi connectivity index (χ3v) is 4.49. The molecule has 1 aromatic carbocycles. The molecule has 3 N–H and O–H groups in total. The zero-order valence-corrected chi connectivity index (χ0v) is 16.3. The highest BCUT2D eigenvalue weighted by atomic mass is 16.4. The Hall–Kier alpha value is -2.99. The van der Waals surface area contributed by atoms with Crippen molar-refractivity contribution in [2.45, 2.75) is 31.9 Å². The van der Waals surface area contributed by atoms with E-state index in [0.717, 1.165) is 17.7 Å². The summed E-state index contributed by atoms with van der Waals surface area (Å²) < 4.78 is 10.7. The second-order valence-corrected chi connectivity index (χ2v) is 6.95. The zero-order chi connectivity index (χ0) is 19.8. The number of aliphatic imine (C=N–C) groups is 1. The van der Waals surface area contributed by atoms with Crippen LogP contribution in [-0.2, 0) is 12.0 Å². The van der Waals surface area contributed by atoms with Gasteiger partial charge in [0, 0.05) is 13.0 Å². The number of aliphatic hydroxyl groups is 1. The molecule has 0 aliphatic rings. The third kappa shape index (κ3) is 5.50. The molecule has 6 heteroatoms. The first-order valence-corrected chi connectivity index (χ1v) is 9.43. The fourth-order valence-electron chi connectivity index (χ4n) is 2.84. The largest absolute Gasteiger partial charge is 0.469 e. The maximum atomic E-state index is 10.7. The van der Waals surface area contributed by atoms with Gasteiger partial charge in [0.05, 0.1) is 25.1 Å². The molecule has 0 saturated heterocycles. The van der Waals surface area contributed by atoms with Crippen molar-refractivity contribution in [1.29, 1.82) is 0 Å². The van der Waals surface area contributed by atoms with E-state index in [1.807, 2.05) is 30.3 Å². The fourth-order valence-corrected chi connectivity index (χ4v) is 2.84. The smallest absolute Gasteiger partial charge is 0.191 e. The molecule has 2 atom stereocenters. The molecule has 0 spiro atoms. The summed E-state index contributed by atoms with van der Waals surface area (Å²) in [5, 5.41) is 17.4. The van der Waals surface area contributed by atoms with Crippen LogP contribution in [0.5, 0.6) is 0 Å². The summed E-state index contributed by atoms with van der Waals surface area (Å²) in [4.78, 5) is 4.59. The average molecular weight is 381 g/mol. The van der Waals surface area contributed by atoms with Gasteiger partial charge in [-0.3, -0.25) is 0 Å². The van der Waals surface area contributed by atoms with Crippen molar-refractivity contribution in [3.05, 3.63) is 84.2 Å². The van der Waals surface area contributed by atoms with Gasteiger partial charge in [-0.05, 0) is 43.7 Å². The maximum absolute atomic E-state index is 10.7. The number of rotatable bonds is 8. The summed E-state index contributed by atoms with van der Waals surface area (Å²) in [6, 6.07) is 17.5. The normalized spacial score (nSPS) is 15.0. The van der Waals surface area contributed by atoms with Gasteiger partial charge in [-0.25, -0.2) is 4.99 Å². The van der Waals surface area contributed by atoms with Crippen LogP contribution in [0.2, 0.25) is 0 Å². The molecule has 6 nitrogen and oxygen atoms in total. The van der Waals surface area contributed by atoms with E-state index in [1.165, 1.54) is 0 Å². The molecule has 2 heterocycles. The van der Waals surface area contributed by atoms with E-state index in [1.54, 1.807) is 31.6 Å². The van der Waals surface area contributed by atoms with Crippen LogP contribution in [0.15, 0.2) is 81.0 Å². The Morgan fingerprint density at radius 3 is 2.50 bits per heavy atom. The molecule has 28 heavy (non-hydrogen) atoms. The highest BCUT2D eigenvalue weighted by Gasteiger charge is 2.26. The van der Waals surface area contributed by atoms with Gasteiger partial charge in [-0.15, -0.1) is 0 Å². The molecule has 0 saturated carbocycles. The van der Waals surface area contributed by atoms with Crippen molar-refractivity contribution in [2.24, 2.45) is 4.99 Å². The van der Waals surface area contributed by atoms with E-state index in [9.17, 15) is 5.11 Å². The molecule has 0 bridgehead atoms. The lowest BCUT2D eigenvalue weighted by molar-refractivity contribution is 0.0436. The monoisotopic (exact) mass is 381 g/mol. The quantitative estimate of drug-likeness (QED) is 0.410. The summed E-state index contributed by atoms with van der Waals surface area (Å²) in [6.45, 7) is 4.59. The number of nitrogens with zero attached hydrogens (tertiary/aromatic N) is 1. The Balaban J connectivity index is 1.67. The highest BCUT2D eigenvalue weighted by Crippen LogP contribution is 2.21. The van der Waals surface area contributed by atoms with Gasteiger partial charge in [0.15, 0.2) is 5.96 Å². The van der Waals surface area contributed by atoms with Gasteiger partial charge in [-0.1, -0.05) is 30.3 Å². The molecule has 3 aromatic rings. The van der Waals surface area contributed by atoms with E-state index >= 15 is 0 Å². The summed E-state index contributed by atoms with van der Waals surface area (Å²) in [7, 11) is 0. The minimum absolute atomic E-state index is 0.0598. The topological polar surface area (TPSA) is 82.9 Å². The molecule has 0 amide bonds. The van der Waals surface area contributed by atoms with Crippen molar-refractivity contribution in [3.8, 4) is 0 Å². The van der Waals surface area contributed by atoms with Gasteiger partial charge < -0.3 is 24.6 Å². The Bertz CT molecular complexity index is 841. The molecule has 0 radical (unpaired) electrons. The molecular weight excluding hydrogens is 354 g/mol. The maximum Gasteiger partial charge on any atom is 0.191 e. The Morgan fingerprint density at radius 2 is 1.82 bits per heavy atom. The average Bonchev–Trinajstić information content (AvgIpc) is 3.41. The lowest BCUT2D eigenvalue weighted by atomic mass is 10.0. The lowest BCUT2D eigenvalue weighted by Crippen LogP contribution is -2.41. The van der Waals surface area contributed by atoms with Gasteiger partial charge >= 0.3 is 0 Å². The van der Waals surface area contributed by atoms with Crippen molar-refractivity contribution >= 4 is 5.96 Å². The molecular formula is C22H27N3O3. The van der Waals surface area contributed by atoms with Crippen molar-refractivity contribution in [2.75, 3.05) is 13.1 Å². The Morgan fingerprint density at radius 1 is 1.07 bits per heavy atom. The number of nitrogens with one attached hydrogen (secondary N) is 2. The summed E-state index contributed by atoms with van der Waals surface area (Å²) >= 11 is 0. The minimum Gasteiger partial charge on any atom is -0.469 e. The first-order chi connectivity index (χ1) is 13.5. The molecule has 3 rings (SSSR count). The van der Waals surface area contributed by atoms with Gasteiger partial charge in [0.2, 0.25) is 0 Å². The zero-order valence-electron chi connectivity index (χ0n) is 16.3. The predicted molar refractivity (Wildman–Crippen MR) is 109 cm³/mol. The van der Waals surface area contributed by atoms with E-state index in [4.69, 9.17) is 8.83 Å². The number of hydrogen-bond acceptors (Lipinski definition) is 4. The molecule has 148 valence electrons. The molecule has 0 fully saturated rings. The predicted octanol–water partition coefficient (Wildman–Crippen LogP) is 3.62. The van der Waals surface area contributed by atoms with Crippen LogP contribution in [0.1, 0.15) is 37.0 Å². The van der Waals surface area contributed by atoms with Crippen molar-refractivity contribution < 1.29 is 13.9 Å².